The largest absolute Gasteiger partial charge is 0.454 e. The summed E-state index contributed by atoms with van der Waals surface area (Å²) in [6.45, 7) is 4.81. The average Bonchev–Trinajstić information content (AvgIpc) is 2.92. The fourth-order valence-corrected chi connectivity index (χ4v) is 3.65. The van der Waals surface area contributed by atoms with Gasteiger partial charge in [-0.1, -0.05) is 18.6 Å². The van der Waals surface area contributed by atoms with E-state index in [1.165, 1.54) is 24.8 Å². The number of nitrogens with one attached hydrogen (secondary N) is 1. The number of fused-ring (bicyclic) bond motifs is 1. The van der Waals surface area contributed by atoms with Crippen molar-refractivity contribution in [2.75, 3.05) is 33.0 Å². The Morgan fingerprint density at radius 2 is 1.86 bits per heavy atom. The maximum Gasteiger partial charge on any atom is 0.231 e. The number of hydrogen-bond donors (Lipinski definition) is 1. The number of piperazine rings is 1. The van der Waals surface area contributed by atoms with Gasteiger partial charge in [0.25, 0.3) is 0 Å². The van der Waals surface area contributed by atoms with E-state index in [1.54, 1.807) is 0 Å². The molecule has 22 heavy (non-hydrogen) atoms. The molecule has 4 nitrogen and oxygen atoms in total. The van der Waals surface area contributed by atoms with Gasteiger partial charge in [0.1, 0.15) is 0 Å². The molecular weight excluding hydrogens is 323 g/mol. The van der Waals surface area contributed by atoms with Gasteiger partial charge in [0, 0.05) is 37.8 Å². The van der Waals surface area contributed by atoms with E-state index in [9.17, 15) is 0 Å². The molecule has 0 spiro atoms. The molecule has 2 heterocycles. The summed E-state index contributed by atoms with van der Waals surface area (Å²) >= 11 is 0. The average molecular weight is 347 g/mol. The quantitative estimate of drug-likeness (QED) is 0.912. The molecule has 1 N–H and O–H groups in total. The van der Waals surface area contributed by atoms with Crippen molar-refractivity contribution in [2.24, 2.45) is 5.92 Å². The second kappa shape index (κ2) is 7.73. The van der Waals surface area contributed by atoms with Crippen molar-refractivity contribution in [1.29, 1.82) is 0 Å². The smallest absolute Gasteiger partial charge is 0.231 e. The van der Waals surface area contributed by atoms with E-state index in [-0.39, 0.29) is 24.8 Å². The first-order valence-electron chi connectivity index (χ1n) is 7.77. The van der Waals surface area contributed by atoms with E-state index in [4.69, 9.17) is 9.47 Å². The summed E-state index contributed by atoms with van der Waals surface area (Å²) in [5, 5.41) is 3.45. The zero-order valence-electron chi connectivity index (χ0n) is 12.6. The molecule has 1 saturated heterocycles. The van der Waals surface area contributed by atoms with E-state index < -0.39 is 0 Å². The van der Waals surface area contributed by atoms with Crippen LogP contribution < -0.4 is 14.8 Å². The highest BCUT2D eigenvalue weighted by Gasteiger charge is 2.36. The van der Waals surface area contributed by atoms with Crippen molar-refractivity contribution in [1.82, 2.24) is 10.2 Å². The van der Waals surface area contributed by atoms with Gasteiger partial charge in [-0.05, 0) is 24.8 Å². The molecule has 1 aromatic carbocycles. The van der Waals surface area contributed by atoms with Crippen LogP contribution in [0.2, 0.25) is 0 Å². The van der Waals surface area contributed by atoms with Gasteiger partial charge in [0.05, 0.1) is 0 Å². The topological polar surface area (TPSA) is 33.7 Å². The van der Waals surface area contributed by atoms with Crippen molar-refractivity contribution in [3.8, 4) is 11.5 Å². The van der Waals surface area contributed by atoms with Gasteiger partial charge in [0.2, 0.25) is 6.79 Å². The zero-order valence-corrected chi connectivity index (χ0v) is 14.3. The number of benzene rings is 1. The van der Waals surface area contributed by atoms with Crippen LogP contribution in [0.3, 0.4) is 0 Å². The van der Waals surface area contributed by atoms with Crippen LogP contribution in [0.1, 0.15) is 30.9 Å². The van der Waals surface area contributed by atoms with E-state index in [2.05, 4.69) is 22.3 Å². The van der Waals surface area contributed by atoms with E-state index in [0.717, 1.165) is 43.6 Å². The minimum absolute atomic E-state index is 0. The molecule has 0 radical (unpaired) electrons. The lowest BCUT2D eigenvalue weighted by Gasteiger charge is -2.43. The van der Waals surface area contributed by atoms with E-state index in [1.807, 2.05) is 6.07 Å². The SMILES string of the molecule is Cl.Cl.c1cc2c(c([C@H](C3CCC3)N3CCNCC3)c1)OCO2. The van der Waals surface area contributed by atoms with Gasteiger partial charge in [-0.3, -0.25) is 4.90 Å². The Bertz CT molecular complexity index is 491. The molecule has 1 atom stereocenters. The molecule has 4 rings (SSSR count). The van der Waals surface area contributed by atoms with Gasteiger partial charge in [-0.2, -0.15) is 0 Å². The summed E-state index contributed by atoms with van der Waals surface area (Å²) in [5.41, 5.74) is 1.34. The standard InChI is InChI=1S/C16H22N2O2.2ClH/c1-3-12(4-1)15(18-9-7-17-8-10-18)13-5-2-6-14-16(13)20-11-19-14;;/h2,5-6,12,15,17H,1,3-4,7-11H2;2*1H/t15-;;/m0../s1. The van der Waals surface area contributed by atoms with Gasteiger partial charge < -0.3 is 14.8 Å². The molecule has 0 amide bonds. The lowest BCUT2D eigenvalue weighted by atomic mass is 9.76. The van der Waals surface area contributed by atoms with Crippen LogP contribution >= 0.6 is 24.8 Å². The van der Waals surface area contributed by atoms with Crippen LogP contribution in [0.15, 0.2) is 18.2 Å². The second-order valence-electron chi connectivity index (χ2n) is 6.00. The van der Waals surface area contributed by atoms with Crippen LogP contribution in [-0.4, -0.2) is 37.9 Å². The summed E-state index contributed by atoms with van der Waals surface area (Å²) in [6.07, 6.45) is 4.07. The first kappa shape index (κ1) is 17.7. The highest BCUT2D eigenvalue weighted by Crippen LogP contribution is 2.47. The van der Waals surface area contributed by atoms with Crippen molar-refractivity contribution in [3.05, 3.63) is 23.8 Å². The Morgan fingerprint density at radius 3 is 2.55 bits per heavy atom. The molecule has 6 heteroatoms. The Labute approximate surface area is 144 Å². The van der Waals surface area contributed by atoms with Crippen LogP contribution in [0.4, 0.5) is 0 Å². The molecule has 0 aromatic heterocycles. The lowest BCUT2D eigenvalue weighted by molar-refractivity contribution is 0.0809. The minimum Gasteiger partial charge on any atom is -0.454 e. The van der Waals surface area contributed by atoms with Crippen molar-refractivity contribution >= 4 is 24.8 Å². The molecule has 0 unspecified atom stereocenters. The van der Waals surface area contributed by atoms with Crippen molar-refractivity contribution in [2.45, 2.75) is 25.3 Å². The number of halogens is 2. The third-order valence-corrected chi connectivity index (χ3v) is 4.89. The third-order valence-electron chi connectivity index (χ3n) is 4.89. The molecule has 2 fully saturated rings. The summed E-state index contributed by atoms with van der Waals surface area (Å²) in [4.78, 5) is 2.64. The van der Waals surface area contributed by atoms with E-state index >= 15 is 0 Å². The summed E-state index contributed by atoms with van der Waals surface area (Å²) < 4.78 is 11.3. The van der Waals surface area contributed by atoms with Gasteiger partial charge in [0.15, 0.2) is 11.5 Å². The molecule has 3 aliphatic rings. The lowest BCUT2D eigenvalue weighted by Crippen LogP contribution is -2.47. The number of ether oxygens (including phenoxy) is 2. The fourth-order valence-electron chi connectivity index (χ4n) is 3.65. The molecule has 1 aliphatic carbocycles. The predicted molar refractivity (Wildman–Crippen MR) is 91.6 cm³/mol. The monoisotopic (exact) mass is 346 g/mol. The molecular formula is C16H24Cl2N2O2. The summed E-state index contributed by atoms with van der Waals surface area (Å²) in [5.74, 6) is 2.69. The highest BCUT2D eigenvalue weighted by molar-refractivity contribution is 5.85. The predicted octanol–water partition coefficient (Wildman–Crippen LogP) is 3.01. The van der Waals surface area contributed by atoms with Gasteiger partial charge >= 0.3 is 0 Å². The van der Waals surface area contributed by atoms with Gasteiger partial charge in [-0.25, -0.2) is 0 Å². The first-order valence-corrected chi connectivity index (χ1v) is 7.77. The Morgan fingerprint density at radius 1 is 1.09 bits per heavy atom. The maximum atomic E-state index is 5.76. The van der Waals surface area contributed by atoms with Crippen LogP contribution in [0, 0.1) is 5.92 Å². The van der Waals surface area contributed by atoms with Crippen molar-refractivity contribution in [3.63, 3.8) is 0 Å². The number of rotatable bonds is 3. The number of para-hydroxylation sites is 1. The zero-order chi connectivity index (χ0) is 13.4. The summed E-state index contributed by atoms with van der Waals surface area (Å²) in [6, 6.07) is 6.86. The first-order chi connectivity index (χ1) is 9.93. The Kier molecular flexibility index (Phi) is 6.21. The normalized spacial score (nSPS) is 22.2. The van der Waals surface area contributed by atoms with Crippen LogP contribution in [0.5, 0.6) is 11.5 Å². The Hall–Kier alpha value is -0.680. The Balaban J connectivity index is 0.000000882. The van der Waals surface area contributed by atoms with Crippen LogP contribution in [0.25, 0.3) is 0 Å². The summed E-state index contributed by atoms with van der Waals surface area (Å²) in [7, 11) is 0. The maximum absolute atomic E-state index is 5.76. The highest BCUT2D eigenvalue weighted by atomic mass is 35.5. The second-order valence-corrected chi connectivity index (χ2v) is 6.00. The number of nitrogens with zero attached hydrogens (tertiary/aromatic N) is 1. The fraction of sp³-hybridized carbons (Fsp3) is 0.625. The van der Waals surface area contributed by atoms with Crippen molar-refractivity contribution < 1.29 is 9.47 Å². The third kappa shape index (κ3) is 3.16. The van der Waals surface area contributed by atoms with E-state index in [0.29, 0.717) is 12.8 Å². The minimum atomic E-state index is 0. The molecule has 1 aromatic rings. The molecule has 124 valence electrons. The van der Waals surface area contributed by atoms with Crippen LogP contribution in [-0.2, 0) is 0 Å². The molecule has 2 aliphatic heterocycles. The molecule has 0 bridgehead atoms. The molecule has 1 saturated carbocycles. The van der Waals surface area contributed by atoms with Gasteiger partial charge in [-0.15, -0.1) is 24.8 Å². The number of hydrogen-bond acceptors (Lipinski definition) is 4.